The first-order valence-electron chi connectivity index (χ1n) is 15.1. The van der Waals surface area contributed by atoms with Crippen molar-refractivity contribution >= 4 is 41.1 Å². The van der Waals surface area contributed by atoms with E-state index in [1.165, 1.54) is 29.0 Å². The van der Waals surface area contributed by atoms with Crippen molar-refractivity contribution in [3.8, 4) is 5.75 Å². The smallest absolute Gasteiger partial charge is 0.339 e. The molecule has 1 amide bonds. The number of aromatic hydroxyl groups is 1. The predicted molar refractivity (Wildman–Crippen MR) is 172 cm³/mol. The molecule has 252 valence electrons. The molecule has 0 bridgehead atoms. The maximum atomic E-state index is 14.8. The Morgan fingerprint density at radius 1 is 0.792 bits per heavy atom. The third-order valence-electron chi connectivity index (χ3n) is 8.17. The van der Waals surface area contributed by atoms with Crippen LogP contribution in [0.5, 0.6) is 5.75 Å². The van der Waals surface area contributed by atoms with Gasteiger partial charge in [-0.05, 0) is 71.7 Å². The van der Waals surface area contributed by atoms with Crippen LogP contribution in [0.1, 0.15) is 65.1 Å². The summed E-state index contributed by atoms with van der Waals surface area (Å²) in [6.07, 6.45) is 5.68. The fourth-order valence-corrected chi connectivity index (χ4v) is 6.89. The number of hydrogen-bond donors (Lipinski definition) is 2. The molecule has 5 rings (SSSR count). The van der Waals surface area contributed by atoms with E-state index >= 15 is 0 Å². The highest BCUT2D eigenvalue weighted by atomic mass is 35.5. The van der Waals surface area contributed by atoms with Crippen LogP contribution < -0.4 is 4.90 Å². The number of carboxylic acids is 1. The molecule has 4 aromatic rings. The van der Waals surface area contributed by atoms with E-state index in [2.05, 4.69) is 0 Å². The predicted octanol–water partition coefficient (Wildman–Crippen LogP) is 9.23. The van der Waals surface area contributed by atoms with Crippen molar-refractivity contribution in [2.45, 2.75) is 56.0 Å². The first-order chi connectivity index (χ1) is 22.9. The molecular formula is C35H30ClF5N2O4S. The molecule has 0 heterocycles. The lowest BCUT2D eigenvalue weighted by atomic mass is 9.84. The van der Waals surface area contributed by atoms with Crippen molar-refractivity contribution in [3.05, 3.63) is 123 Å². The molecule has 6 nitrogen and oxygen atoms in total. The lowest BCUT2D eigenvalue weighted by Gasteiger charge is -2.28. The molecular weight excluding hydrogens is 675 g/mol. The van der Waals surface area contributed by atoms with Crippen molar-refractivity contribution in [1.29, 1.82) is 0 Å². The standard InChI is InChI=1S/C35H30ClF5N2O4S/c36-24-8-4-5-21(15-24)17-42(48-34-32(40)30(38)29(37)31(39)33(34)41)19-28(45)43(25-13-14-26(35(46)47)27(44)16-25)18-20-9-11-23(12-10-20)22-6-2-1-3-7-22/h4-5,8-16,22,44H,1-3,6-7,17-19H2,(H,46,47). The number of benzene rings is 4. The highest BCUT2D eigenvalue weighted by Crippen LogP contribution is 2.36. The van der Waals surface area contributed by atoms with Crippen LogP contribution in [0.3, 0.4) is 0 Å². The molecule has 0 atom stereocenters. The van der Waals surface area contributed by atoms with Crippen LogP contribution >= 0.6 is 23.5 Å². The summed E-state index contributed by atoms with van der Waals surface area (Å²) in [6, 6.07) is 17.6. The van der Waals surface area contributed by atoms with Gasteiger partial charge in [0, 0.05) is 23.3 Å². The van der Waals surface area contributed by atoms with Crippen LogP contribution in [0.2, 0.25) is 5.02 Å². The lowest BCUT2D eigenvalue weighted by molar-refractivity contribution is -0.118. The highest BCUT2D eigenvalue weighted by Gasteiger charge is 2.30. The molecule has 4 aromatic carbocycles. The Kier molecular flexibility index (Phi) is 11.3. The molecule has 0 aromatic heterocycles. The van der Waals surface area contributed by atoms with Gasteiger partial charge in [0.15, 0.2) is 23.3 Å². The Balaban J connectivity index is 1.49. The van der Waals surface area contributed by atoms with Crippen LogP contribution in [-0.4, -0.2) is 32.9 Å². The van der Waals surface area contributed by atoms with Crippen LogP contribution in [0, 0.1) is 29.1 Å². The summed E-state index contributed by atoms with van der Waals surface area (Å²) in [4.78, 5) is 25.6. The minimum Gasteiger partial charge on any atom is -0.507 e. The van der Waals surface area contributed by atoms with Crippen LogP contribution in [0.15, 0.2) is 71.6 Å². The molecule has 0 unspecified atom stereocenters. The van der Waals surface area contributed by atoms with E-state index in [0.29, 0.717) is 22.1 Å². The molecule has 13 heteroatoms. The summed E-state index contributed by atoms with van der Waals surface area (Å²) in [7, 11) is 0. The second kappa shape index (κ2) is 15.4. The number of phenols is 1. The van der Waals surface area contributed by atoms with Gasteiger partial charge in [-0.1, -0.05) is 67.3 Å². The van der Waals surface area contributed by atoms with Gasteiger partial charge in [0.1, 0.15) is 16.2 Å². The van der Waals surface area contributed by atoms with E-state index in [0.717, 1.165) is 42.1 Å². The average Bonchev–Trinajstić information content (AvgIpc) is 3.07. The number of anilines is 1. The molecule has 0 aliphatic heterocycles. The van der Waals surface area contributed by atoms with Crippen LogP contribution in [0.4, 0.5) is 27.6 Å². The summed E-state index contributed by atoms with van der Waals surface area (Å²) in [5.41, 5.74) is 2.06. The third kappa shape index (κ3) is 8.11. The maximum absolute atomic E-state index is 14.8. The number of rotatable bonds is 11. The molecule has 1 fully saturated rings. The van der Waals surface area contributed by atoms with Crippen molar-refractivity contribution in [2.24, 2.45) is 0 Å². The van der Waals surface area contributed by atoms with Crippen molar-refractivity contribution in [2.75, 3.05) is 11.4 Å². The number of aromatic carboxylic acids is 1. The zero-order valence-electron chi connectivity index (χ0n) is 25.4. The maximum Gasteiger partial charge on any atom is 0.339 e. The topological polar surface area (TPSA) is 81.1 Å². The minimum absolute atomic E-state index is 0.0478. The first-order valence-corrected chi connectivity index (χ1v) is 16.2. The number of nitrogens with zero attached hydrogens (tertiary/aromatic N) is 2. The number of carbonyl (C=O) groups is 2. The Bertz CT molecular complexity index is 1790. The fraction of sp³-hybridized carbons (Fsp3) is 0.257. The number of carbonyl (C=O) groups excluding carboxylic acids is 1. The molecule has 48 heavy (non-hydrogen) atoms. The van der Waals surface area contributed by atoms with Crippen LogP contribution in [0.25, 0.3) is 0 Å². The summed E-state index contributed by atoms with van der Waals surface area (Å²) in [5, 5.41) is 20.1. The van der Waals surface area contributed by atoms with Crippen molar-refractivity contribution in [3.63, 3.8) is 0 Å². The van der Waals surface area contributed by atoms with Gasteiger partial charge >= 0.3 is 5.97 Å². The molecule has 1 aliphatic rings. The fourth-order valence-electron chi connectivity index (χ4n) is 5.70. The zero-order chi connectivity index (χ0) is 34.5. The Hall–Kier alpha value is -4.13. The number of hydrogen-bond acceptors (Lipinski definition) is 5. The van der Waals surface area contributed by atoms with Gasteiger partial charge in [0.2, 0.25) is 11.7 Å². The van der Waals surface area contributed by atoms with E-state index < -0.39 is 63.7 Å². The average molecular weight is 705 g/mol. The van der Waals surface area contributed by atoms with Gasteiger partial charge in [-0.25, -0.2) is 31.1 Å². The lowest BCUT2D eigenvalue weighted by Crippen LogP contribution is -2.38. The van der Waals surface area contributed by atoms with E-state index in [9.17, 15) is 41.8 Å². The Morgan fingerprint density at radius 3 is 2.04 bits per heavy atom. The molecule has 1 saturated carbocycles. The quantitative estimate of drug-likeness (QED) is 0.0702. The Labute approximate surface area is 282 Å². The number of amides is 1. The van der Waals surface area contributed by atoms with Gasteiger partial charge in [0.05, 0.1) is 13.1 Å². The largest absolute Gasteiger partial charge is 0.507 e. The summed E-state index contributed by atoms with van der Waals surface area (Å²) in [6.45, 7) is -0.865. The van der Waals surface area contributed by atoms with Crippen molar-refractivity contribution in [1.82, 2.24) is 4.31 Å². The monoisotopic (exact) mass is 704 g/mol. The van der Waals surface area contributed by atoms with Gasteiger partial charge in [0.25, 0.3) is 0 Å². The van der Waals surface area contributed by atoms with Crippen molar-refractivity contribution < 1.29 is 41.8 Å². The summed E-state index contributed by atoms with van der Waals surface area (Å²) < 4.78 is 72.7. The zero-order valence-corrected chi connectivity index (χ0v) is 26.9. The van der Waals surface area contributed by atoms with Gasteiger partial charge in [-0.3, -0.25) is 4.79 Å². The van der Waals surface area contributed by atoms with Gasteiger partial charge < -0.3 is 15.1 Å². The number of halogens is 6. The normalized spacial score (nSPS) is 13.6. The SMILES string of the molecule is O=C(O)c1ccc(N(Cc2ccc(C3CCCCC3)cc2)C(=O)CN(Cc2cccc(Cl)c2)Sc2c(F)c(F)c(F)c(F)c2F)cc1O. The second-order valence-corrected chi connectivity index (χ2v) is 13.0. The summed E-state index contributed by atoms with van der Waals surface area (Å²) in [5.74, 6) is -12.9. The first kappa shape index (κ1) is 35.2. The minimum atomic E-state index is -2.31. The second-order valence-electron chi connectivity index (χ2n) is 11.5. The highest BCUT2D eigenvalue weighted by molar-refractivity contribution is 7.97. The van der Waals surface area contributed by atoms with E-state index in [1.54, 1.807) is 18.2 Å². The Morgan fingerprint density at radius 2 is 1.44 bits per heavy atom. The number of carboxylic acid groups (broad SMARTS) is 1. The molecule has 2 N–H and O–H groups in total. The molecule has 0 spiro atoms. The van der Waals surface area contributed by atoms with E-state index in [-0.39, 0.29) is 30.7 Å². The van der Waals surface area contributed by atoms with Gasteiger partial charge in [-0.2, -0.15) is 0 Å². The van der Waals surface area contributed by atoms with Gasteiger partial charge in [-0.15, -0.1) is 0 Å². The van der Waals surface area contributed by atoms with E-state index in [1.807, 2.05) is 24.3 Å². The molecule has 0 saturated heterocycles. The summed E-state index contributed by atoms with van der Waals surface area (Å²) >= 11 is 6.28. The van der Waals surface area contributed by atoms with E-state index in [4.69, 9.17) is 11.6 Å². The third-order valence-corrected chi connectivity index (χ3v) is 9.46. The molecule has 1 aliphatic carbocycles. The van der Waals surface area contributed by atoms with Crippen LogP contribution in [-0.2, 0) is 17.9 Å². The molecule has 0 radical (unpaired) electrons.